The molecule has 1 aliphatic heterocycles. The van der Waals surface area contributed by atoms with E-state index >= 15 is 0 Å². The molecule has 0 aromatic rings. The van der Waals surface area contributed by atoms with Crippen molar-refractivity contribution in [1.29, 1.82) is 0 Å². The second-order valence-corrected chi connectivity index (χ2v) is 3.71. The van der Waals surface area contributed by atoms with Crippen LogP contribution in [0.3, 0.4) is 0 Å². The normalized spacial score (nSPS) is 33.0. The molecule has 2 atom stereocenters. The summed E-state index contributed by atoms with van der Waals surface area (Å²) in [6.45, 7) is 1.77. The lowest BCUT2D eigenvalue weighted by molar-refractivity contribution is 0.201. The lowest BCUT2D eigenvalue weighted by Crippen LogP contribution is -2.20. The zero-order chi connectivity index (χ0) is 7.40. The molecule has 1 aliphatic rings. The minimum atomic E-state index is -0.225. The van der Waals surface area contributed by atoms with Crippen molar-refractivity contribution in [3.05, 3.63) is 0 Å². The molecule has 3 nitrogen and oxygen atoms in total. The highest BCUT2D eigenvalue weighted by Gasteiger charge is 2.24. The largest absolute Gasteiger partial charge is 0.396 e. The number of thioether (sulfide) groups is 1. The van der Waals surface area contributed by atoms with Gasteiger partial charge in [-0.15, -0.1) is 0 Å². The molecule has 0 aromatic carbocycles. The van der Waals surface area contributed by atoms with Crippen molar-refractivity contribution in [3.63, 3.8) is 0 Å². The van der Waals surface area contributed by atoms with Crippen molar-refractivity contribution in [2.75, 3.05) is 25.4 Å². The van der Waals surface area contributed by atoms with Crippen LogP contribution in [0.1, 0.15) is 0 Å². The summed E-state index contributed by atoms with van der Waals surface area (Å²) in [5, 5.41) is 21.1. The van der Waals surface area contributed by atoms with E-state index in [0.717, 1.165) is 12.3 Å². The van der Waals surface area contributed by atoms with Gasteiger partial charge in [0, 0.05) is 24.1 Å². The van der Waals surface area contributed by atoms with Crippen LogP contribution in [-0.2, 0) is 0 Å². The lowest BCUT2D eigenvalue weighted by Gasteiger charge is -2.10. The predicted molar refractivity (Wildman–Crippen MR) is 42.2 cm³/mol. The summed E-state index contributed by atoms with van der Waals surface area (Å²) in [7, 11) is 0. The molecule has 10 heavy (non-hydrogen) atoms. The first-order valence-electron chi connectivity index (χ1n) is 3.46. The maximum absolute atomic E-state index is 9.25. The number of nitrogens with one attached hydrogen (secondary N) is 1. The minimum absolute atomic E-state index is 0.202. The van der Waals surface area contributed by atoms with E-state index in [2.05, 4.69) is 5.32 Å². The molecular formula is C6H13NO2S. The first-order chi connectivity index (χ1) is 4.84. The number of rotatable bonds is 3. The summed E-state index contributed by atoms with van der Waals surface area (Å²) in [5.74, 6) is 0.726. The Morgan fingerprint density at radius 1 is 1.50 bits per heavy atom. The Kier molecular flexibility index (Phi) is 3.48. The van der Waals surface area contributed by atoms with Crippen LogP contribution in [0.4, 0.5) is 0 Å². The van der Waals surface area contributed by atoms with Gasteiger partial charge in [-0.25, -0.2) is 0 Å². The summed E-state index contributed by atoms with van der Waals surface area (Å²) in [6.07, 6.45) is -0.225. The third-order valence-electron chi connectivity index (χ3n) is 1.55. The number of aliphatic hydroxyl groups excluding tert-OH is 2. The monoisotopic (exact) mass is 163 g/mol. The fourth-order valence-corrected chi connectivity index (χ4v) is 1.98. The van der Waals surface area contributed by atoms with E-state index < -0.39 is 0 Å². The minimum Gasteiger partial charge on any atom is -0.396 e. The van der Waals surface area contributed by atoms with Gasteiger partial charge < -0.3 is 15.5 Å². The third-order valence-corrected chi connectivity index (χ3v) is 2.88. The van der Waals surface area contributed by atoms with Crippen LogP contribution >= 0.6 is 11.8 Å². The first-order valence-corrected chi connectivity index (χ1v) is 4.50. The average Bonchev–Trinajstić information content (AvgIpc) is 2.31. The lowest BCUT2D eigenvalue weighted by atomic mass is 10.3. The molecule has 0 spiro atoms. The number of aliphatic hydroxyl groups is 2. The van der Waals surface area contributed by atoms with Crippen LogP contribution in [0.5, 0.6) is 0 Å². The molecule has 0 radical (unpaired) electrons. The molecule has 0 bridgehead atoms. The SMILES string of the molecule is OCCSC1CNCC1O. The smallest absolute Gasteiger partial charge is 0.0795 e. The standard InChI is InChI=1S/C6H13NO2S/c8-1-2-10-6-4-7-3-5(6)9/h5-9H,1-4H2. The topological polar surface area (TPSA) is 52.5 Å². The van der Waals surface area contributed by atoms with Crippen molar-refractivity contribution in [2.45, 2.75) is 11.4 Å². The van der Waals surface area contributed by atoms with Crippen molar-refractivity contribution in [1.82, 2.24) is 5.32 Å². The number of β-amino-alcohol motifs (C(OH)–C–C–N with tert-alkyl or cyclic N) is 1. The summed E-state index contributed by atoms with van der Waals surface area (Å²) < 4.78 is 0. The van der Waals surface area contributed by atoms with E-state index in [4.69, 9.17) is 5.11 Å². The molecule has 4 heteroatoms. The van der Waals surface area contributed by atoms with Crippen LogP contribution in [-0.4, -0.2) is 47.0 Å². The molecule has 0 saturated carbocycles. The molecule has 60 valence electrons. The van der Waals surface area contributed by atoms with Crippen LogP contribution < -0.4 is 5.32 Å². The van der Waals surface area contributed by atoms with E-state index in [-0.39, 0.29) is 18.0 Å². The second-order valence-electron chi connectivity index (χ2n) is 2.36. The third kappa shape index (κ3) is 2.12. The molecule has 1 heterocycles. The Morgan fingerprint density at radius 3 is 2.80 bits per heavy atom. The maximum Gasteiger partial charge on any atom is 0.0795 e. The van der Waals surface area contributed by atoms with Crippen molar-refractivity contribution < 1.29 is 10.2 Å². The quantitative estimate of drug-likeness (QED) is 0.502. The molecule has 0 amide bonds. The van der Waals surface area contributed by atoms with Crippen LogP contribution in [0.25, 0.3) is 0 Å². The van der Waals surface area contributed by atoms with E-state index in [9.17, 15) is 5.11 Å². The summed E-state index contributed by atoms with van der Waals surface area (Å²) in [4.78, 5) is 0. The number of hydrogen-bond donors (Lipinski definition) is 3. The van der Waals surface area contributed by atoms with Gasteiger partial charge in [0.15, 0.2) is 0 Å². The average molecular weight is 163 g/mol. The van der Waals surface area contributed by atoms with E-state index in [1.807, 2.05) is 0 Å². The van der Waals surface area contributed by atoms with Gasteiger partial charge in [-0.3, -0.25) is 0 Å². The van der Waals surface area contributed by atoms with Crippen molar-refractivity contribution in [3.8, 4) is 0 Å². The van der Waals surface area contributed by atoms with Gasteiger partial charge in [-0.2, -0.15) is 11.8 Å². The molecular weight excluding hydrogens is 150 g/mol. The zero-order valence-corrected chi connectivity index (χ0v) is 6.60. The Hall–Kier alpha value is 0.230. The van der Waals surface area contributed by atoms with Crippen molar-refractivity contribution in [2.24, 2.45) is 0 Å². The van der Waals surface area contributed by atoms with Gasteiger partial charge in [-0.05, 0) is 0 Å². The second kappa shape index (κ2) is 4.18. The fraction of sp³-hybridized carbons (Fsp3) is 1.00. The fourth-order valence-electron chi connectivity index (χ4n) is 1.02. The Morgan fingerprint density at radius 2 is 2.30 bits per heavy atom. The maximum atomic E-state index is 9.25. The Labute approximate surface area is 64.8 Å². The van der Waals surface area contributed by atoms with Crippen LogP contribution in [0.15, 0.2) is 0 Å². The zero-order valence-electron chi connectivity index (χ0n) is 5.79. The Balaban J connectivity index is 2.14. The van der Waals surface area contributed by atoms with E-state index in [0.29, 0.717) is 6.54 Å². The van der Waals surface area contributed by atoms with Crippen LogP contribution in [0, 0.1) is 0 Å². The molecule has 2 unspecified atom stereocenters. The summed E-state index contributed by atoms with van der Waals surface area (Å²) in [6, 6.07) is 0. The highest BCUT2D eigenvalue weighted by atomic mass is 32.2. The molecule has 1 saturated heterocycles. The molecule has 3 N–H and O–H groups in total. The first kappa shape index (κ1) is 8.33. The number of hydrogen-bond acceptors (Lipinski definition) is 4. The highest BCUT2D eigenvalue weighted by Crippen LogP contribution is 2.16. The molecule has 0 aliphatic carbocycles. The van der Waals surface area contributed by atoms with Gasteiger partial charge >= 0.3 is 0 Å². The molecule has 1 fully saturated rings. The molecule has 0 aromatic heterocycles. The van der Waals surface area contributed by atoms with Gasteiger partial charge in [0.05, 0.1) is 12.7 Å². The predicted octanol–water partition coefficient (Wildman–Crippen LogP) is -0.955. The van der Waals surface area contributed by atoms with Gasteiger partial charge in [0.2, 0.25) is 0 Å². The van der Waals surface area contributed by atoms with E-state index in [1.165, 1.54) is 0 Å². The van der Waals surface area contributed by atoms with Gasteiger partial charge in [0.25, 0.3) is 0 Å². The van der Waals surface area contributed by atoms with Crippen LogP contribution in [0.2, 0.25) is 0 Å². The Bertz CT molecular complexity index is 102. The summed E-state index contributed by atoms with van der Waals surface area (Å²) in [5.41, 5.74) is 0. The van der Waals surface area contributed by atoms with Gasteiger partial charge in [-0.1, -0.05) is 0 Å². The highest BCUT2D eigenvalue weighted by molar-refractivity contribution is 8.00. The van der Waals surface area contributed by atoms with Crippen molar-refractivity contribution >= 4 is 11.8 Å². The molecule has 1 rings (SSSR count). The van der Waals surface area contributed by atoms with Gasteiger partial charge in [0.1, 0.15) is 0 Å². The summed E-state index contributed by atoms with van der Waals surface area (Å²) >= 11 is 1.63. The van der Waals surface area contributed by atoms with E-state index in [1.54, 1.807) is 11.8 Å².